The number of primary amides is 1. The van der Waals surface area contributed by atoms with E-state index in [-0.39, 0.29) is 11.3 Å². The molecule has 7 heteroatoms. The molecule has 0 aliphatic carbocycles. The summed E-state index contributed by atoms with van der Waals surface area (Å²) in [4.78, 5) is 27.2. The number of rotatable bonds is 4. The number of aromatic nitrogens is 2. The van der Waals surface area contributed by atoms with Crippen molar-refractivity contribution in [3.63, 3.8) is 0 Å². The smallest absolute Gasteiger partial charge is 0.272 e. The lowest BCUT2D eigenvalue weighted by Gasteiger charge is -2.08. The molecule has 2 N–H and O–H groups in total. The van der Waals surface area contributed by atoms with E-state index in [0.29, 0.717) is 21.9 Å². The van der Waals surface area contributed by atoms with E-state index in [1.807, 2.05) is 12.3 Å². The molecular formula is C10H11N3O2S2. The fourth-order valence-corrected chi connectivity index (χ4v) is 3.03. The van der Waals surface area contributed by atoms with E-state index in [2.05, 4.69) is 4.98 Å². The second-order valence-corrected chi connectivity index (χ2v) is 5.19. The van der Waals surface area contributed by atoms with Crippen LogP contribution in [0.1, 0.15) is 6.92 Å². The first-order valence-electron chi connectivity index (χ1n) is 5.02. The summed E-state index contributed by atoms with van der Waals surface area (Å²) in [6.07, 6.45) is 0. The van der Waals surface area contributed by atoms with Crippen molar-refractivity contribution in [1.29, 1.82) is 0 Å². The molecule has 0 atom stereocenters. The Kier molecular flexibility index (Phi) is 3.49. The van der Waals surface area contributed by atoms with E-state index in [0.717, 1.165) is 0 Å². The van der Waals surface area contributed by atoms with Crippen LogP contribution in [0, 0.1) is 0 Å². The Hall–Kier alpha value is -1.34. The summed E-state index contributed by atoms with van der Waals surface area (Å²) in [5.74, 6) is -0.292. The van der Waals surface area contributed by atoms with Crippen molar-refractivity contribution in [2.75, 3.05) is 5.75 Å². The first-order valence-corrected chi connectivity index (χ1v) is 6.89. The van der Waals surface area contributed by atoms with Crippen molar-refractivity contribution >= 4 is 39.2 Å². The summed E-state index contributed by atoms with van der Waals surface area (Å²) in [6.45, 7) is 2.40. The van der Waals surface area contributed by atoms with E-state index >= 15 is 0 Å². The van der Waals surface area contributed by atoms with E-state index in [4.69, 9.17) is 5.73 Å². The van der Waals surface area contributed by atoms with E-state index < -0.39 is 5.91 Å². The van der Waals surface area contributed by atoms with E-state index in [1.165, 1.54) is 23.1 Å². The number of thioether (sulfide) groups is 1. The standard InChI is InChI=1S/C10H11N3O2S2/c1-2-13-9(15)8-6(3-4-16-8)12-10(13)17-5-7(11)14/h3-4H,2,5H2,1H3,(H2,11,14). The predicted molar refractivity (Wildman–Crippen MR) is 69.5 cm³/mol. The lowest BCUT2D eigenvalue weighted by molar-refractivity contribution is -0.115. The third-order valence-corrected chi connectivity index (χ3v) is 4.08. The largest absolute Gasteiger partial charge is 0.369 e. The molecule has 90 valence electrons. The maximum Gasteiger partial charge on any atom is 0.272 e. The van der Waals surface area contributed by atoms with Gasteiger partial charge in [-0.25, -0.2) is 4.98 Å². The van der Waals surface area contributed by atoms with Gasteiger partial charge in [-0.1, -0.05) is 11.8 Å². The van der Waals surface area contributed by atoms with Gasteiger partial charge < -0.3 is 5.73 Å². The van der Waals surface area contributed by atoms with Gasteiger partial charge in [0.1, 0.15) is 4.70 Å². The summed E-state index contributed by atoms with van der Waals surface area (Å²) in [7, 11) is 0. The summed E-state index contributed by atoms with van der Waals surface area (Å²) in [5.41, 5.74) is 5.71. The number of nitrogens with zero attached hydrogens (tertiary/aromatic N) is 2. The maximum atomic E-state index is 12.1. The second-order valence-electron chi connectivity index (χ2n) is 3.33. The minimum absolute atomic E-state index is 0.0560. The van der Waals surface area contributed by atoms with Gasteiger partial charge in [0.05, 0.1) is 11.3 Å². The van der Waals surface area contributed by atoms with Crippen LogP contribution < -0.4 is 11.3 Å². The third kappa shape index (κ3) is 2.34. The Morgan fingerprint density at radius 1 is 1.65 bits per heavy atom. The molecule has 0 saturated carbocycles. The maximum absolute atomic E-state index is 12.1. The first kappa shape index (κ1) is 12.1. The molecule has 1 amide bonds. The highest BCUT2D eigenvalue weighted by atomic mass is 32.2. The van der Waals surface area contributed by atoms with Crippen LogP contribution in [0.2, 0.25) is 0 Å². The van der Waals surface area contributed by atoms with Crippen molar-refractivity contribution < 1.29 is 4.79 Å². The summed E-state index contributed by atoms with van der Waals surface area (Å²) in [5, 5.41) is 2.38. The highest BCUT2D eigenvalue weighted by molar-refractivity contribution is 7.99. The van der Waals surface area contributed by atoms with E-state index in [9.17, 15) is 9.59 Å². The molecule has 5 nitrogen and oxygen atoms in total. The minimum Gasteiger partial charge on any atom is -0.369 e. The van der Waals surface area contributed by atoms with Crippen LogP contribution in [0.3, 0.4) is 0 Å². The van der Waals surface area contributed by atoms with Gasteiger partial charge in [-0.3, -0.25) is 14.2 Å². The molecule has 0 fully saturated rings. The second kappa shape index (κ2) is 4.89. The normalized spacial score (nSPS) is 10.9. The number of carbonyl (C=O) groups excluding carboxylic acids is 1. The van der Waals surface area contributed by atoms with Gasteiger partial charge in [-0.15, -0.1) is 11.3 Å². The Labute approximate surface area is 106 Å². The summed E-state index contributed by atoms with van der Waals surface area (Å²) >= 11 is 2.57. The van der Waals surface area contributed by atoms with Crippen LogP contribution in [0.25, 0.3) is 10.2 Å². The number of amides is 1. The molecule has 2 aromatic rings. The van der Waals surface area contributed by atoms with Crippen LogP contribution in [0.5, 0.6) is 0 Å². The van der Waals surface area contributed by atoms with Gasteiger partial charge in [0.25, 0.3) is 5.56 Å². The average Bonchev–Trinajstić information content (AvgIpc) is 2.74. The van der Waals surface area contributed by atoms with Crippen molar-refractivity contribution in [2.45, 2.75) is 18.6 Å². The summed E-state index contributed by atoms with van der Waals surface area (Å²) in [6, 6.07) is 1.80. The number of nitrogens with two attached hydrogens (primary N) is 1. The molecule has 0 aliphatic heterocycles. The molecule has 2 heterocycles. The Morgan fingerprint density at radius 3 is 3.06 bits per heavy atom. The van der Waals surface area contributed by atoms with Crippen molar-refractivity contribution in [1.82, 2.24) is 9.55 Å². The molecule has 0 unspecified atom stereocenters. The quantitative estimate of drug-likeness (QED) is 0.665. The highest BCUT2D eigenvalue weighted by Crippen LogP contribution is 2.20. The number of hydrogen-bond donors (Lipinski definition) is 1. The SMILES string of the molecule is CCn1c(SCC(N)=O)nc2ccsc2c1=O. The molecule has 0 radical (unpaired) electrons. The van der Waals surface area contributed by atoms with Crippen LogP contribution in [-0.4, -0.2) is 21.2 Å². The van der Waals surface area contributed by atoms with Gasteiger partial charge >= 0.3 is 0 Å². The van der Waals surface area contributed by atoms with Gasteiger partial charge in [0, 0.05) is 6.54 Å². The number of hydrogen-bond acceptors (Lipinski definition) is 5. The molecule has 0 aromatic carbocycles. The van der Waals surface area contributed by atoms with Gasteiger partial charge in [0.2, 0.25) is 5.91 Å². The zero-order valence-corrected chi connectivity index (χ0v) is 10.8. The Balaban J connectivity index is 2.52. The number of fused-ring (bicyclic) bond motifs is 1. The van der Waals surface area contributed by atoms with Crippen LogP contribution >= 0.6 is 23.1 Å². The van der Waals surface area contributed by atoms with Crippen molar-refractivity contribution in [3.8, 4) is 0 Å². The van der Waals surface area contributed by atoms with Gasteiger partial charge in [-0.2, -0.15) is 0 Å². The number of carbonyl (C=O) groups is 1. The van der Waals surface area contributed by atoms with Crippen LogP contribution in [-0.2, 0) is 11.3 Å². The fourth-order valence-electron chi connectivity index (χ4n) is 1.45. The van der Waals surface area contributed by atoms with Crippen molar-refractivity contribution in [2.24, 2.45) is 5.73 Å². The topological polar surface area (TPSA) is 78.0 Å². The molecule has 2 aromatic heterocycles. The zero-order valence-electron chi connectivity index (χ0n) is 9.17. The third-order valence-electron chi connectivity index (χ3n) is 2.19. The molecular weight excluding hydrogens is 258 g/mol. The Bertz CT molecular complexity index is 618. The highest BCUT2D eigenvalue weighted by Gasteiger charge is 2.11. The monoisotopic (exact) mass is 269 g/mol. The van der Waals surface area contributed by atoms with E-state index in [1.54, 1.807) is 10.6 Å². The number of thiophene rings is 1. The van der Waals surface area contributed by atoms with Crippen molar-refractivity contribution in [3.05, 3.63) is 21.8 Å². The molecule has 0 spiro atoms. The van der Waals surface area contributed by atoms with Crippen LogP contribution in [0.15, 0.2) is 21.4 Å². The zero-order chi connectivity index (χ0) is 12.4. The fraction of sp³-hybridized carbons (Fsp3) is 0.300. The first-order chi connectivity index (χ1) is 8.13. The lowest BCUT2D eigenvalue weighted by atomic mass is 10.5. The van der Waals surface area contributed by atoms with Gasteiger partial charge in [0.15, 0.2) is 5.16 Å². The molecule has 17 heavy (non-hydrogen) atoms. The molecule has 0 aliphatic rings. The Morgan fingerprint density at radius 2 is 2.41 bits per heavy atom. The molecule has 0 bridgehead atoms. The minimum atomic E-state index is -0.419. The van der Waals surface area contributed by atoms with Crippen LogP contribution in [0.4, 0.5) is 0 Å². The van der Waals surface area contributed by atoms with Gasteiger partial charge in [-0.05, 0) is 18.4 Å². The molecule has 0 saturated heterocycles. The average molecular weight is 269 g/mol. The lowest BCUT2D eigenvalue weighted by Crippen LogP contribution is -2.22. The molecule has 2 rings (SSSR count). The predicted octanol–water partition coefficient (Wildman–Crippen LogP) is 1.06. The summed E-state index contributed by atoms with van der Waals surface area (Å²) < 4.78 is 2.21.